The number of benzene rings is 3. The average Bonchev–Trinajstić information content (AvgIpc) is 3.32. The Bertz CT molecular complexity index is 1450. The molecule has 170 valence electrons. The van der Waals surface area contributed by atoms with Crippen molar-refractivity contribution in [3.63, 3.8) is 0 Å². The van der Waals surface area contributed by atoms with E-state index < -0.39 is 0 Å². The number of aromatic nitrogens is 3. The van der Waals surface area contributed by atoms with E-state index in [4.69, 9.17) is 31.2 Å². The number of fused-ring (bicyclic) bond motifs is 1. The fourth-order valence-corrected chi connectivity index (χ4v) is 4.02. The van der Waals surface area contributed by atoms with E-state index in [-0.39, 0.29) is 0 Å². The van der Waals surface area contributed by atoms with Gasteiger partial charge in [-0.15, -0.1) is 0 Å². The fraction of sp³-hybridized carbons (Fsp3) is 0.111. The lowest BCUT2D eigenvalue weighted by molar-refractivity contribution is 0.354. The quantitative estimate of drug-likeness (QED) is 0.300. The summed E-state index contributed by atoms with van der Waals surface area (Å²) in [7, 11) is 3.26. The minimum Gasteiger partial charge on any atom is -0.493 e. The molecule has 5 aromatic rings. The van der Waals surface area contributed by atoms with E-state index in [1.54, 1.807) is 14.2 Å². The molecular weight excluding hydrogens is 448 g/mol. The highest BCUT2D eigenvalue weighted by Gasteiger charge is 2.13. The van der Waals surface area contributed by atoms with Crippen LogP contribution in [0.5, 0.6) is 11.5 Å². The van der Waals surface area contributed by atoms with Crippen molar-refractivity contribution in [3.05, 3.63) is 95.5 Å². The van der Waals surface area contributed by atoms with Crippen molar-refractivity contribution in [2.75, 3.05) is 19.5 Å². The zero-order valence-electron chi connectivity index (χ0n) is 18.8. The molecule has 3 aromatic carbocycles. The summed E-state index contributed by atoms with van der Waals surface area (Å²) in [5.41, 5.74) is 5.42. The molecule has 7 heteroatoms. The predicted octanol–water partition coefficient (Wildman–Crippen LogP) is 6.35. The summed E-state index contributed by atoms with van der Waals surface area (Å²) in [6.45, 7) is 0.569. The van der Waals surface area contributed by atoms with E-state index in [2.05, 4.69) is 5.32 Å². The Hall–Kier alpha value is -4.03. The van der Waals surface area contributed by atoms with Crippen molar-refractivity contribution in [2.24, 2.45) is 0 Å². The summed E-state index contributed by atoms with van der Waals surface area (Å²) >= 11 is 6.21. The van der Waals surface area contributed by atoms with E-state index in [0.717, 1.165) is 39.5 Å². The molecule has 6 nitrogen and oxygen atoms in total. The van der Waals surface area contributed by atoms with Crippen LogP contribution in [0.2, 0.25) is 5.02 Å². The van der Waals surface area contributed by atoms with Crippen LogP contribution in [0.3, 0.4) is 0 Å². The third-order valence-corrected chi connectivity index (χ3v) is 5.77. The summed E-state index contributed by atoms with van der Waals surface area (Å²) in [5, 5.41) is 9.00. The van der Waals surface area contributed by atoms with Gasteiger partial charge < -0.3 is 14.8 Å². The van der Waals surface area contributed by atoms with Crippen LogP contribution in [0.1, 0.15) is 5.56 Å². The SMILES string of the molecule is COc1ccc(CNc2cc(-c3ccccc3)nc3cc(-c4cccc(Cl)c4)nn23)cc1OC. The van der Waals surface area contributed by atoms with E-state index in [1.165, 1.54) is 0 Å². The Morgan fingerprint density at radius 3 is 2.35 bits per heavy atom. The smallest absolute Gasteiger partial charge is 0.161 e. The molecular formula is C27H23ClN4O2. The second kappa shape index (κ2) is 9.45. The number of rotatable bonds is 7. The topological polar surface area (TPSA) is 60.7 Å². The molecule has 0 aliphatic carbocycles. The van der Waals surface area contributed by atoms with Crippen LogP contribution in [0.4, 0.5) is 5.82 Å². The Balaban J connectivity index is 1.56. The first-order valence-corrected chi connectivity index (χ1v) is 11.2. The zero-order valence-corrected chi connectivity index (χ0v) is 19.6. The Morgan fingerprint density at radius 2 is 1.59 bits per heavy atom. The summed E-state index contributed by atoms with van der Waals surface area (Å²) in [4.78, 5) is 4.87. The van der Waals surface area contributed by atoms with Gasteiger partial charge in [0.1, 0.15) is 5.82 Å². The van der Waals surface area contributed by atoms with Crippen LogP contribution in [0.25, 0.3) is 28.2 Å². The fourth-order valence-electron chi connectivity index (χ4n) is 3.83. The standard InChI is InChI=1S/C27H23ClN4O2/c1-33-24-12-11-18(13-25(24)34-2)17-29-26-15-22(19-7-4-3-5-8-19)30-27-16-23(31-32(26)27)20-9-6-10-21(28)14-20/h3-16,29H,17H2,1-2H3. The third-order valence-electron chi connectivity index (χ3n) is 5.54. The van der Waals surface area contributed by atoms with Gasteiger partial charge in [0.05, 0.1) is 25.6 Å². The molecule has 1 N–H and O–H groups in total. The molecule has 0 atom stereocenters. The van der Waals surface area contributed by atoms with Gasteiger partial charge in [0.25, 0.3) is 0 Å². The first-order chi connectivity index (χ1) is 16.6. The van der Waals surface area contributed by atoms with Crippen molar-refractivity contribution in [2.45, 2.75) is 6.54 Å². The lowest BCUT2D eigenvalue weighted by atomic mass is 10.1. The number of ether oxygens (including phenoxy) is 2. The van der Waals surface area contributed by atoms with Crippen LogP contribution >= 0.6 is 11.6 Å². The Morgan fingerprint density at radius 1 is 0.794 bits per heavy atom. The Kier molecular flexibility index (Phi) is 6.06. The minimum atomic E-state index is 0.569. The summed E-state index contributed by atoms with van der Waals surface area (Å²) in [6, 6.07) is 27.6. The lowest BCUT2D eigenvalue weighted by Gasteiger charge is -2.13. The molecule has 5 rings (SSSR count). The van der Waals surface area contributed by atoms with Gasteiger partial charge in [-0.3, -0.25) is 0 Å². The van der Waals surface area contributed by atoms with Gasteiger partial charge in [0, 0.05) is 34.8 Å². The van der Waals surface area contributed by atoms with Gasteiger partial charge in [-0.2, -0.15) is 9.61 Å². The van der Waals surface area contributed by atoms with Gasteiger partial charge in [0.2, 0.25) is 0 Å². The maximum atomic E-state index is 6.21. The van der Waals surface area contributed by atoms with E-state index in [1.807, 2.05) is 89.4 Å². The van der Waals surface area contributed by atoms with Gasteiger partial charge >= 0.3 is 0 Å². The molecule has 0 spiro atoms. The second-order valence-electron chi connectivity index (χ2n) is 7.75. The molecule has 0 radical (unpaired) electrons. The van der Waals surface area contributed by atoms with Crippen LogP contribution < -0.4 is 14.8 Å². The highest BCUT2D eigenvalue weighted by molar-refractivity contribution is 6.30. The molecule has 0 saturated carbocycles. The molecule has 0 bridgehead atoms. The van der Waals surface area contributed by atoms with Gasteiger partial charge in [-0.05, 0) is 29.8 Å². The van der Waals surface area contributed by atoms with Crippen molar-refractivity contribution in [1.82, 2.24) is 14.6 Å². The average molecular weight is 471 g/mol. The predicted molar refractivity (Wildman–Crippen MR) is 136 cm³/mol. The number of nitrogens with one attached hydrogen (secondary N) is 1. The van der Waals surface area contributed by atoms with Gasteiger partial charge in [-0.1, -0.05) is 60.1 Å². The molecule has 34 heavy (non-hydrogen) atoms. The summed E-state index contributed by atoms with van der Waals surface area (Å²) in [6.07, 6.45) is 0. The second-order valence-corrected chi connectivity index (χ2v) is 8.18. The monoisotopic (exact) mass is 470 g/mol. The van der Waals surface area contributed by atoms with Crippen molar-refractivity contribution < 1.29 is 9.47 Å². The van der Waals surface area contributed by atoms with E-state index in [0.29, 0.717) is 23.1 Å². The number of methoxy groups -OCH3 is 2. The van der Waals surface area contributed by atoms with Crippen molar-refractivity contribution in [1.29, 1.82) is 0 Å². The van der Waals surface area contributed by atoms with Crippen molar-refractivity contribution in [3.8, 4) is 34.0 Å². The minimum absolute atomic E-state index is 0.569. The first kappa shape index (κ1) is 21.8. The third kappa shape index (κ3) is 4.40. The Labute approximate surface area is 202 Å². The number of anilines is 1. The zero-order chi connectivity index (χ0) is 23.5. The van der Waals surface area contributed by atoms with Gasteiger partial charge in [0.15, 0.2) is 17.1 Å². The van der Waals surface area contributed by atoms with Crippen LogP contribution in [0, 0.1) is 0 Å². The van der Waals surface area contributed by atoms with Crippen molar-refractivity contribution >= 4 is 23.1 Å². The van der Waals surface area contributed by atoms with E-state index >= 15 is 0 Å². The highest BCUT2D eigenvalue weighted by atomic mass is 35.5. The molecule has 2 aromatic heterocycles. The van der Waals surface area contributed by atoms with E-state index in [9.17, 15) is 0 Å². The maximum absolute atomic E-state index is 6.21. The lowest BCUT2D eigenvalue weighted by Crippen LogP contribution is -2.07. The van der Waals surface area contributed by atoms with Crippen LogP contribution in [-0.2, 0) is 6.54 Å². The molecule has 0 fully saturated rings. The first-order valence-electron chi connectivity index (χ1n) is 10.8. The van der Waals surface area contributed by atoms with Crippen LogP contribution in [-0.4, -0.2) is 28.8 Å². The number of hydrogen-bond acceptors (Lipinski definition) is 5. The molecule has 0 unspecified atom stereocenters. The molecule has 0 aliphatic heterocycles. The largest absolute Gasteiger partial charge is 0.493 e. The maximum Gasteiger partial charge on any atom is 0.161 e. The number of nitrogens with zero attached hydrogens (tertiary/aromatic N) is 3. The number of hydrogen-bond donors (Lipinski definition) is 1. The summed E-state index contributed by atoms with van der Waals surface area (Å²) in [5.74, 6) is 2.21. The van der Waals surface area contributed by atoms with Gasteiger partial charge in [-0.25, -0.2) is 4.98 Å². The van der Waals surface area contributed by atoms with Crippen LogP contribution in [0.15, 0.2) is 84.9 Å². The highest BCUT2D eigenvalue weighted by Crippen LogP contribution is 2.29. The normalized spacial score (nSPS) is 10.9. The molecule has 2 heterocycles. The summed E-state index contributed by atoms with van der Waals surface area (Å²) < 4.78 is 12.6. The molecule has 0 saturated heterocycles. The molecule has 0 aliphatic rings. The number of halogens is 1. The molecule has 0 amide bonds.